The van der Waals surface area contributed by atoms with Crippen molar-refractivity contribution in [3.63, 3.8) is 0 Å². The highest BCUT2D eigenvalue weighted by molar-refractivity contribution is 6.36. The number of nitrogens with zero attached hydrogens (tertiary/aromatic N) is 3. The fourth-order valence-corrected chi connectivity index (χ4v) is 7.77. The number of rotatable bonds is 11. The van der Waals surface area contributed by atoms with Gasteiger partial charge in [-0.25, -0.2) is 4.98 Å². The first-order chi connectivity index (χ1) is 25.5. The minimum absolute atomic E-state index is 0.0477. The number of aliphatic hydroxyl groups is 1. The molecule has 2 amide bonds. The summed E-state index contributed by atoms with van der Waals surface area (Å²) in [5, 5.41) is 18.4. The van der Waals surface area contributed by atoms with Gasteiger partial charge in [-0.1, -0.05) is 41.9 Å². The first-order valence-corrected chi connectivity index (χ1v) is 18.5. The van der Waals surface area contributed by atoms with Gasteiger partial charge in [-0.2, -0.15) is 0 Å². The Morgan fingerprint density at radius 2 is 1.68 bits per heavy atom. The number of pyridine rings is 2. The monoisotopic (exact) mass is 738 g/mol. The number of esters is 1. The summed E-state index contributed by atoms with van der Waals surface area (Å²) in [6.07, 6.45) is 5.91. The number of aromatic nitrogens is 2. The van der Waals surface area contributed by atoms with Gasteiger partial charge in [-0.15, -0.1) is 0 Å². The number of nitrogens with one attached hydrogen (secondary N) is 3. The van der Waals surface area contributed by atoms with Crippen LogP contribution in [0.1, 0.15) is 81.5 Å². The van der Waals surface area contributed by atoms with Crippen molar-refractivity contribution in [1.82, 2.24) is 20.2 Å². The lowest BCUT2D eigenvalue weighted by molar-refractivity contribution is -0.154. The molecular weight excluding hydrogens is 692 g/mol. The number of aryl methyl sites for hydroxylation is 1. The fraction of sp³-hybridized carbons (Fsp3) is 0.390. The molecule has 0 atom stereocenters. The Bertz CT molecular complexity index is 1990. The summed E-state index contributed by atoms with van der Waals surface area (Å²) in [5.74, 6) is -0.825. The molecule has 11 nitrogen and oxygen atoms in total. The Kier molecular flexibility index (Phi) is 11.9. The standard InChI is InChI=1S/C41H47ClN6O5/c1-25-21-35(45-36-24-48(19-15-29(25)36)28-13-16-41(3,17-14-28)40(52)53-4)39(51)47-33-10-6-8-31(37(33)42)30-7-5-9-32(26(30)2)46-38(50)34-12-11-27(23-44-34)22-43-18-20-49/h5-12,21,23,28,43,49H,13-20,22,24H2,1-4H3,(H,46,50)(H,47,51). The van der Waals surface area contributed by atoms with E-state index in [1.807, 2.05) is 63.2 Å². The molecule has 2 aromatic carbocycles. The summed E-state index contributed by atoms with van der Waals surface area (Å²) in [6, 6.07) is 16.8. The highest BCUT2D eigenvalue weighted by Gasteiger charge is 2.40. The number of anilines is 2. The Hall–Kier alpha value is -4.68. The molecule has 0 saturated heterocycles. The predicted molar refractivity (Wildman–Crippen MR) is 206 cm³/mol. The van der Waals surface area contributed by atoms with Gasteiger partial charge in [0, 0.05) is 49.7 Å². The van der Waals surface area contributed by atoms with Crippen LogP contribution in [0.15, 0.2) is 60.8 Å². The Morgan fingerprint density at radius 1 is 0.981 bits per heavy atom. The largest absolute Gasteiger partial charge is 0.469 e. The highest BCUT2D eigenvalue weighted by Crippen LogP contribution is 2.40. The van der Waals surface area contributed by atoms with Gasteiger partial charge in [0.15, 0.2) is 0 Å². The summed E-state index contributed by atoms with van der Waals surface area (Å²) in [4.78, 5) is 50.8. The molecule has 2 aliphatic rings. The molecular formula is C41H47ClN6O5. The quantitative estimate of drug-likeness (QED) is 0.100. The molecule has 6 rings (SSSR count). The molecule has 1 aliphatic heterocycles. The number of amides is 2. The number of fused-ring (bicyclic) bond motifs is 1. The lowest BCUT2D eigenvalue weighted by atomic mass is 9.73. The number of ether oxygens (including phenoxy) is 1. The number of carbonyl (C=O) groups excluding carboxylic acids is 3. The van der Waals surface area contributed by atoms with E-state index in [1.54, 1.807) is 18.3 Å². The van der Waals surface area contributed by atoms with Gasteiger partial charge in [-0.05, 0) is 105 Å². The predicted octanol–water partition coefficient (Wildman–Crippen LogP) is 6.48. The minimum atomic E-state index is -0.430. The van der Waals surface area contributed by atoms with Crippen LogP contribution in [0, 0.1) is 19.3 Å². The molecule has 12 heteroatoms. The van der Waals surface area contributed by atoms with Gasteiger partial charge in [0.25, 0.3) is 11.8 Å². The molecule has 0 unspecified atom stereocenters. The van der Waals surface area contributed by atoms with Crippen LogP contribution in [0.2, 0.25) is 5.02 Å². The molecule has 1 aliphatic carbocycles. The highest BCUT2D eigenvalue weighted by atomic mass is 35.5. The third kappa shape index (κ3) is 8.44. The van der Waals surface area contributed by atoms with E-state index in [0.717, 1.165) is 66.6 Å². The van der Waals surface area contributed by atoms with Gasteiger partial charge >= 0.3 is 5.97 Å². The average Bonchev–Trinajstić information content (AvgIpc) is 3.16. The van der Waals surface area contributed by atoms with Crippen LogP contribution in [0.5, 0.6) is 0 Å². The normalized spacial score (nSPS) is 18.6. The van der Waals surface area contributed by atoms with Crippen molar-refractivity contribution in [3.05, 3.63) is 105 Å². The van der Waals surface area contributed by atoms with Crippen molar-refractivity contribution in [1.29, 1.82) is 0 Å². The zero-order chi connectivity index (χ0) is 37.7. The smallest absolute Gasteiger partial charge is 0.311 e. The number of methoxy groups -OCH3 is 1. The van der Waals surface area contributed by atoms with Gasteiger partial charge < -0.3 is 25.8 Å². The molecule has 1 fully saturated rings. The second kappa shape index (κ2) is 16.6. The molecule has 3 heterocycles. The van der Waals surface area contributed by atoms with Crippen molar-refractivity contribution < 1.29 is 24.2 Å². The third-order valence-corrected chi connectivity index (χ3v) is 11.1. The number of halogens is 1. The number of hydrogen-bond acceptors (Lipinski definition) is 9. The van der Waals surface area contributed by atoms with Crippen molar-refractivity contribution in [2.24, 2.45) is 5.41 Å². The lowest BCUT2D eigenvalue weighted by Crippen LogP contribution is -2.45. The molecule has 0 spiro atoms. The van der Waals surface area contributed by atoms with Crippen LogP contribution in [0.4, 0.5) is 11.4 Å². The second-order valence-corrected chi connectivity index (χ2v) is 14.6. The van der Waals surface area contributed by atoms with Crippen molar-refractivity contribution in [2.45, 2.75) is 72.0 Å². The number of aliphatic hydroxyl groups excluding tert-OH is 1. The summed E-state index contributed by atoms with van der Waals surface area (Å²) >= 11 is 6.97. The van der Waals surface area contributed by atoms with Crippen LogP contribution in [-0.2, 0) is 29.0 Å². The van der Waals surface area contributed by atoms with Gasteiger partial charge in [0.1, 0.15) is 11.4 Å². The molecule has 4 N–H and O–H groups in total. The van der Waals surface area contributed by atoms with Crippen molar-refractivity contribution in [3.8, 4) is 11.1 Å². The zero-order valence-corrected chi connectivity index (χ0v) is 31.5. The van der Waals surface area contributed by atoms with Crippen LogP contribution >= 0.6 is 11.6 Å². The molecule has 1 saturated carbocycles. The molecule has 0 radical (unpaired) electrons. The maximum absolute atomic E-state index is 13.7. The summed E-state index contributed by atoms with van der Waals surface area (Å²) in [5.41, 5.74) is 7.61. The Balaban J connectivity index is 1.14. The van der Waals surface area contributed by atoms with E-state index in [0.29, 0.717) is 53.3 Å². The molecule has 4 aromatic rings. The third-order valence-electron chi connectivity index (χ3n) is 10.7. The summed E-state index contributed by atoms with van der Waals surface area (Å²) in [6.45, 7) is 8.58. The maximum atomic E-state index is 13.7. The van der Waals surface area contributed by atoms with Crippen LogP contribution in [0.25, 0.3) is 11.1 Å². The lowest BCUT2D eigenvalue weighted by Gasteiger charge is -2.42. The molecule has 2 aromatic heterocycles. The molecule has 0 bridgehead atoms. The van der Waals surface area contributed by atoms with Gasteiger partial charge in [0.2, 0.25) is 0 Å². The molecule has 278 valence electrons. The summed E-state index contributed by atoms with van der Waals surface area (Å²) in [7, 11) is 1.46. The summed E-state index contributed by atoms with van der Waals surface area (Å²) < 4.78 is 5.07. The number of hydrogen-bond donors (Lipinski definition) is 4. The first kappa shape index (κ1) is 38.1. The fourth-order valence-electron chi connectivity index (χ4n) is 7.49. The van der Waals surface area contributed by atoms with Crippen LogP contribution in [0.3, 0.4) is 0 Å². The maximum Gasteiger partial charge on any atom is 0.311 e. The van der Waals surface area contributed by atoms with E-state index >= 15 is 0 Å². The van der Waals surface area contributed by atoms with E-state index in [2.05, 4.69) is 25.8 Å². The zero-order valence-electron chi connectivity index (χ0n) is 30.7. The van der Waals surface area contributed by atoms with Crippen LogP contribution in [-0.4, -0.2) is 70.6 Å². The van der Waals surface area contributed by atoms with E-state index < -0.39 is 5.41 Å². The van der Waals surface area contributed by atoms with E-state index in [4.69, 9.17) is 26.4 Å². The van der Waals surface area contributed by atoms with Crippen LogP contribution < -0.4 is 16.0 Å². The minimum Gasteiger partial charge on any atom is -0.469 e. The topological polar surface area (TPSA) is 146 Å². The average molecular weight is 739 g/mol. The Labute approximate surface area is 315 Å². The van der Waals surface area contributed by atoms with Crippen molar-refractivity contribution >= 4 is 40.8 Å². The molecule has 53 heavy (non-hydrogen) atoms. The first-order valence-electron chi connectivity index (χ1n) is 18.1. The van der Waals surface area contributed by atoms with Gasteiger partial charge in [-0.3, -0.25) is 24.3 Å². The Morgan fingerprint density at radius 3 is 2.38 bits per heavy atom. The van der Waals surface area contributed by atoms with E-state index in [-0.39, 0.29) is 30.1 Å². The van der Waals surface area contributed by atoms with Gasteiger partial charge in [0.05, 0.1) is 35.5 Å². The van der Waals surface area contributed by atoms with Crippen molar-refractivity contribution in [2.75, 3.05) is 37.4 Å². The number of benzene rings is 2. The van der Waals surface area contributed by atoms with E-state index in [1.165, 1.54) is 12.7 Å². The number of carbonyl (C=O) groups is 3. The van der Waals surface area contributed by atoms with E-state index in [9.17, 15) is 14.4 Å². The second-order valence-electron chi connectivity index (χ2n) is 14.3. The SMILES string of the molecule is COC(=O)C1(C)CCC(N2CCc3c(C)cc(C(=O)Nc4cccc(-c5cccc(NC(=O)c6ccc(CNCCO)cn6)c5C)c4Cl)nc3C2)CC1.